The summed E-state index contributed by atoms with van der Waals surface area (Å²) in [4.78, 5) is 18.6. The van der Waals surface area contributed by atoms with E-state index in [1.165, 1.54) is 0 Å². The van der Waals surface area contributed by atoms with Crippen molar-refractivity contribution in [3.8, 4) is 11.3 Å². The van der Waals surface area contributed by atoms with Gasteiger partial charge in [-0.2, -0.15) is 0 Å². The van der Waals surface area contributed by atoms with E-state index in [0.717, 1.165) is 55.8 Å². The van der Waals surface area contributed by atoms with Crippen LogP contribution >= 0.6 is 0 Å². The maximum Gasteiger partial charge on any atom is 0.225 e. The topological polar surface area (TPSA) is 71.0 Å². The summed E-state index contributed by atoms with van der Waals surface area (Å²) < 4.78 is 0. The van der Waals surface area contributed by atoms with E-state index in [-0.39, 0.29) is 11.8 Å². The first-order valence-corrected chi connectivity index (χ1v) is 8.59. The molecule has 0 spiro atoms. The average molecular weight is 323 g/mol. The Kier molecular flexibility index (Phi) is 4.11. The van der Waals surface area contributed by atoms with Crippen LogP contribution in [0.2, 0.25) is 0 Å². The molecular formula is C18H21N5O. The Labute approximate surface area is 141 Å². The molecule has 0 radical (unpaired) electrons. The number of anilines is 1. The zero-order valence-electron chi connectivity index (χ0n) is 13.6. The van der Waals surface area contributed by atoms with Gasteiger partial charge in [-0.1, -0.05) is 0 Å². The smallest absolute Gasteiger partial charge is 0.225 e. The fraction of sp³-hybridized carbons (Fsp3) is 0.444. The first-order chi connectivity index (χ1) is 11.8. The molecule has 1 atom stereocenters. The van der Waals surface area contributed by atoms with Crippen LogP contribution in [0, 0.1) is 5.92 Å². The molecule has 0 aromatic carbocycles. The summed E-state index contributed by atoms with van der Waals surface area (Å²) >= 11 is 0. The Hall–Kier alpha value is -2.50. The Morgan fingerprint density at radius 1 is 1.17 bits per heavy atom. The summed E-state index contributed by atoms with van der Waals surface area (Å²) in [6.45, 7) is 1.65. The maximum atomic E-state index is 12.3. The Bertz CT molecular complexity index is 699. The number of nitrogens with zero attached hydrogens (tertiary/aromatic N) is 4. The van der Waals surface area contributed by atoms with Gasteiger partial charge in [0, 0.05) is 37.1 Å². The molecular weight excluding hydrogens is 302 g/mol. The number of pyridine rings is 1. The number of hydrogen-bond acceptors (Lipinski definition) is 5. The molecule has 24 heavy (non-hydrogen) atoms. The fourth-order valence-corrected chi connectivity index (χ4v) is 3.11. The lowest BCUT2D eigenvalue weighted by Gasteiger charge is -2.32. The summed E-state index contributed by atoms with van der Waals surface area (Å²) in [7, 11) is 0. The predicted octanol–water partition coefficient (Wildman–Crippen LogP) is 2.03. The third-order valence-corrected chi connectivity index (χ3v) is 4.65. The highest BCUT2D eigenvalue weighted by molar-refractivity contribution is 5.80. The van der Waals surface area contributed by atoms with Crippen LogP contribution in [0.15, 0.2) is 36.7 Å². The summed E-state index contributed by atoms with van der Waals surface area (Å²) in [5.74, 6) is 1.09. The Morgan fingerprint density at radius 2 is 2.08 bits per heavy atom. The lowest BCUT2D eigenvalue weighted by molar-refractivity contribution is -0.125. The van der Waals surface area contributed by atoms with Crippen LogP contribution in [0.25, 0.3) is 11.3 Å². The van der Waals surface area contributed by atoms with Crippen LogP contribution in [-0.2, 0) is 4.79 Å². The van der Waals surface area contributed by atoms with Crippen molar-refractivity contribution in [1.29, 1.82) is 0 Å². The first kappa shape index (κ1) is 15.1. The van der Waals surface area contributed by atoms with Crippen LogP contribution in [0.5, 0.6) is 0 Å². The standard InChI is InChI=1S/C18H21N5O/c24-18(20-15-5-6-15)14-4-2-10-23(12-14)17-8-7-16(21-22-17)13-3-1-9-19-11-13/h1,3,7-9,11,14-15H,2,4-6,10,12H2,(H,20,24). The van der Waals surface area contributed by atoms with Gasteiger partial charge in [0.2, 0.25) is 5.91 Å². The fourth-order valence-electron chi connectivity index (χ4n) is 3.11. The second kappa shape index (κ2) is 6.55. The van der Waals surface area contributed by atoms with Crippen LogP contribution < -0.4 is 10.2 Å². The molecule has 6 nitrogen and oxygen atoms in total. The van der Waals surface area contributed by atoms with Crippen molar-refractivity contribution in [1.82, 2.24) is 20.5 Å². The van der Waals surface area contributed by atoms with Gasteiger partial charge in [-0.25, -0.2) is 0 Å². The van der Waals surface area contributed by atoms with Crippen LogP contribution in [0.1, 0.15) is 25.7 Å². The van der Waals surface area contributed by atoms with Gasteiger partial charge in [-0.3, -0.25) is 9.78 Å². The molecule has 3 heterocycles. The first-order valence-electron chi connectivity index (χ1n) is 8.59. The van der Waals surface area contributed by atoms with E-state index >= 15 is 0 Å². The molecule has 1 aliphatic heterocycles. The summed E-state index contributed by atoms with van der Waals surface area (Å²) in [6, 6.07) is 8.23. The quantitative estimate of drug-likeness (QED) is 0.932. The molecule has 0 bridgehead atoms. The number of carbonyl (C=O) groups excluding carboxylic acids is 1. The van der Waals surface area contributed by atoms with Crippen molar-refractivity contribution < 1.29 is 4.79 Å². The number of amides is 1. The predicted molar refractivity (Wildman–Crippen MR) is 91.4 cm³/mol. The zero-order chi connectivity index (χ0) is 16.4. The van der Waals surface area contributed by atoms with Gasteiger partial charge < -0.3 is 10.2 Å². The SMILES string of the molecule is O=C(NC1CC1)C1CCCN(c2ccc(-c3cccnc3)nn2)C1. The van der Waals surface area contributed by atoms with E-state index < -0.39 is 0 Å². The van der Waals surface area contributed by atoms with Gasteiger partial charge in [0.05, 0.1) is 11.6 Å². The van der Waals surface area contributed by atoms with E-state index in [4.69, 9.17) is 0 Å². The van der Waals surface area contributed by atoms with Crippen molar-refractivity contribution in [2.45, 2.75) is 31.7 Å². The van der Waals surface area contributed by atoms with Crippen molar-refractivity contribution in [3.05, 3.63) is 36.7 Å². The van der Waals surface area contributed by atoms with Gasteiger partial charge in [-0.05, 0) is 49.9 Å². The molecule has 4 rings (SSSR count). The van der Waals surface area contributed by atoms with Gasteiger partial charge in [0.15, 0.2) is 5.82 Å². The van der Waals surface area contributed by atoms with Gasteiger partial charge in [0.1, 0.15) is 0 Å². The average Bonchev–Trinajstić information content (AvgIpc) is 3.47. The molecule has 1 N–H and O–H groups in total. The van der Waals surface area contributed by atoms with Gasteiger partial charge in [0.25, 0.3) is 0 Å². The number of aromatic nitrogens is 3. The second-order valence-corrected chi connectivity index (χ2v) is 6.59. The third-order valence-electron chi connectivity index (χ3n) is 4.65. The molecule has 2 aromatic heterocycles. The number of carbonyl (C=O) groups is 1. The van der Waals surface area contributed by atoms with Crippen LogP contribution in [0.3, 0.4) is 0 Å². The van der Waals surface area contributed by atoms with Crippen molar-refractivity contribution in [2.75, 3.05) is 18.0 Å². The molecule has 1 unspecified atom stereocenters. The van der Waals surface area contributed by atoms with Crippen LogP contribution in [0.4, 0.5) is 5.82 Å². The molecule has 1 saturated carbocycles. The van der Waals surface area contributed by atoms with E-state index in [0.29, 0.717) is 6.04 Å². The van der Waals surface area contributed by atoms with Gasteiger partial charge >= 0.3 is 0 Å². The monoisotopic (exact) mass is 323 g/mol. The highest BCUT2D eigenvalue weighted by atomic mass is 16.2. The van der Waals surface area contributed by atoms with Gasteiger partial charge in [-0.15, -0.1) is 10.2 Å². The molecule has 2 fully saturated rings. The summed E-state index contributed by atoms with van der Waals surface area (Å²) in [5, 5.41) is 11.8. The Balaban J connectivity index is 1.44. The van der Waals surface area contributed by atoms with E-state index in [1.54, 1.807) is 12.4 Å². The number of nitrogens with one attached hydrogen (secondary N) is 1. The highest BCUT2D eigenvalue weighted by Gasteiger charge is 2.30. The normalized spacial score (nSPS) is 20.7. The minimum atomic E-state index is 0.0548. The summed E-state index contributed by atoms with van der Waals surface area (Å²) in [5.41, 5.74) is 1.77. The molecule has 1 aliphatic carbocycles. The molecule has 124 valence electrons. The molecule has 1 saturated heterocycles. The van der Waals surface area contributed by atoms with E-state index in [2.05, 4.69) is 25.4 Å². The van der Waals surface area contributed by atoms with Crippen molar-refractivity contribution in [3.63, 3.8) is 0 Å². The highest BCUT2D eigenvalue weighted by Crippen LogP contribution is 2.25. The molecule has 6 heteroatoms. The van der Waals surface area contributed by atoms with E-state index in [9.17, 15) is 4.79 Å². The molecule has 1 amide bonds. The lowest BCUT2D eigenvalue weighted by atomic mass is 9.97. The molecule has 2 aliphatic rings. The van der Waals surface area contributed by atoms with E-state index in [1.807, 2.05) is 24.3 Å². The van der Waals surface area contributed by atoms with Crippen molar-refractivity contribution in [2.24, 2.45) is 5.92 Å². The molecule has 2 aromatic rings. The number of piperidine rings is 1. The Morgan fingerprint density at radius 3 is 2.79 bits per heavy atom. The zero-order valence-corrected chi connectivity index (χ0v) is 13.6. The van der Waals surface area contributed by atoms with Crippen molar-refractivity contribution >= 4 is 11.7 Å². The summed E-state index contributed by atoms with van der Waals surface area (Å²) in [6.07, 6.45) is 7.74. The number of hydrogen-bond donors (Lipinski definition) is 1. The second-order valence-electron chi connectivity index (χ2n) is 6.59. The van der Waals surface area contributed by atoms with Crippen LogP contribution in [-0.4, -0.2) is 40.2 Å². The third kappa shape index (κ3) is 3.37. The largest absolute Gasteiger partial charge is 0.354 e. The maximum absolute atomic E-state index is 12.3. The lowest BCUT2D eigenvalue weighted by Crippen LogP contribution is -2.44. The minimum Gasteiger partial charge on any atom is -0.354 e. The minimum absolute atomic E-state index is 0.0548. The number of rotatable bonds is 4.